The maximum Gasteiger partial charge on any atom is 0.251 e. The molecule has 5 nitrogen and oxygen atoms in total. The van der Waals surface area contributed by atoms with E-state index in [1.165, 1.54) is 18.2 Å². The van der Waals surface area contributed by atoms with E-state index in [-0.39, 0.29) is 23.7 Å². The second-order valence-corrected chi connectivity index (χ2v) is 4.75. The Balaban J connectivity index is 2.04. The van der Waals surface area contributed by atoms with Crippen LogP contribution in [0.3, 0.4) is 0 Å². The summed E-state index contributed by atoms with van der Waals surface area (Å²) in [5, 5.41) is 30.7. The van der Waals surface area contributed by atoms with Gasteiger partial charge in [-0.15, -0.1) is 0 Å². The average molecular weight is 287 g/mol. The molecule has 0 aromatic heterocycles. The summed E-state index contributed by atoms with van der Waals surface area (Å²) in [5.41, 5.74) is 1.22. The number of hydrogen-bond acceptors (Lipinski definition) is 4. The van der Waals surface area contributed by atoms with Gasteiger partial charge in [0, 0.05) is 5.56 Å². The summed E-state index contributed by atoms with van der Waals surface area (Å²) >= 11 is 0. The Labute approximate surface area is 122 Å². The summed E-state index contributed by atoms with van der Waals surface area (Å²) < 4.78 is 0. The third-order valence-electron chi connectivity index (χ3n) is 3.12. The quantitative estimate of drug-likeness (QED) is 0.626. The van der Waals surface area contributed by atoms with Crippen LogP contribution < -0.4 is 5.32 Å². The summed E-state index contributed by atoms with van der Waals surface area (Å²) in [6.45, 7) is -0.190. The molecule has 0 bridgehead atoms. The number of carbonyl (C=O) groups excluding carboxylic acids is 1. The van der Waals surface area contributed by atoms with E-state index in [1.807, 2.05) is 30.3 Å². The lowest BCUT2D eigenvalue weighted by Crippen LogP contribution is -2.39. The van der Waals surface area contributed by atoms with Crippen molar-refractivity contribution < 1.29 is 20.1 Å². The SMILES string of the molecule is O=C(N[C@@H](CO)Cc1ccccc1)c1ccc(O)c(O)c1. The second kappa shape index (κ2) is 6.76. The maximum absolute atomic E-state index is 12.1. The third kappa shape index (κ3) is 3.97. The minimum absolute atomic E-state index is 0.190. The molecule has 1 atom stereocenters. The maximum atomic E-state index is 12.1. The van der Waals surface area contributed by atoms with E-state index in [0.29, 0.717) is 6.42 Å². The van der Waals surface area contributed by atoms with Gasteiger partial charge < -0.3 is 20.6 Å². The summed E-state index contributed by atoms with van der Waals surface area (Å²) in [6, 6.07) is 12.9. The van der Waals surface area contributed by atoms with Gasteiger partial charge in [-0.2, -0.15) is 0 Å². The highest BCUT2D eigenvalue weighted by molar-refractivity contribution is 5.95. The molecule has 2 rings (SSSR count). The summed E-state index contributed by atoms with van der Waals surface area (Å²) in [4.78, 5) is 12.1. The number of amides is 1. The fourth-order valence-corrected chi connectivity index (χ4v) is 1.99. The minimum Gasteiger partial charge on any atom is -0.504 e. The highest BCUT2D eigenvalue weighted by atomic mass is 16.3. The van der Waals surface area contributed by atoms with Crippen molar-refractivity contribution in [2.75, 3.05) is 6.61 Å². The van der Waals surface area contributed by atoms with E-state index >= 15 is 0 Å². The lowest BCUT2D eigenvalue weighted by molar-refractivity contribution is 0.0916. The zero-order chi connectivity index (χ0) is 15.2. The predicted molar refractivity (Wildman–Crippen MR) is 78.3 cm³/mol. The number of carbonyl (C=O) groups is 1. The first kappa shape index (κ1) is 14.9. The number of benzene rings is 2. The molecular weight excluding hydrogens is 270 g/mol. The van der Waals surface area contributed by atoms with Gasteiger partial charge in [0.15, 0.2) is 11.5 Å². The van der Waals surface area contributed by atoms with Crippen LogP contribution in [0.4, 0.5) is 0 Å². The van der Waals surface area contributed by atoms with Crippen molar-refractivity contribution >= 4 is 5.91 Å². The summed E-state index contributed by atoms with van der Waals surface area (Å²) in [6.07, 6.45) is 0.507. The van der Waals surface area contributed by atoms with Crippen molar-refractivity contribution in [3.05, 3.63) is 59.7 Å². The largest absolute Gasteiger partial charge is 0.504 e. The molecule has 2 aromatic rings. The first-order chi connectivity index (χ1) is 10.1. The first-order valence-corrected chi connectivity index (χ1v) is 6.58. The number of phenolic OH excluding ortho intramolecular Hbond substituents is 2. The molecule has 0 spiro atoms. The van der Waals surface area contributed by atoms with Gasteiger partial charge in [-0.25, -0.2) is 0 Å². The molecule has 0 aliphatic heterocycles. The topological polar surface area (TPSA) is 89.8 Å². The number of aliphatic hydroxyl groups excluding tert-OH is 1. The Morgan fingerprint density at radius 2 is 1.76 bits per heavy atom. The van der Waals surface area contributed by atoms with Crippen LogP contribution in [0.2, 0.25) is 0 Å². The summed E-state index contributed by atoms with van der Waals surface area (Å²) in [7, 11) is 0. The molecule has 5 heteroatoms. The zero-order valence-corrected chi connectivity index (χ0v) is 11.4. The van der Waals surface area contributed by atoms with Gasteiger partial charge in [0.1, 0.15) is 0 Å². The number of aromatic hydroxyl groups is 2. The fraction of sp³-hybridized carbons (Fsp3) is 0.188. The van der Waals surface area contributed by atoms with Crippen LogP contribution in [0, 0.1) is 0 Å². The Morgan fingerprint density at radius 3 is 2.38 bits per heavy atom. The second-order valence-electron chi connectivity index (χ2n) is 4.75. The van der Waals surface area contributed by atoms with Crippen LogP contribution in [0.5, 0.6) is 11.5 Å². The normalized spacial score (nSPS) is 11.9. The standard InChI is InChI=1S/C16H17NO4/c18-10-13(8-11-4-2-1-3-5-11)17-16(21)12-6-7-14(19)15(20)9-12/h1-7,9,13,18-20H,8,10H2,(H,17,21)/t13-/m1/s1. The van der Waals surface area contributed by atoms with E-state index in [0.717, 1.165) is 5.56 Å². The van der Waals surface area contributed by atoms with Gasteiger partial charge in [0.25, 0.3) is 5.91 Å². The Morgan fingerprint density at radius 1 is 1.05 bits per heavy atom. The number of phenols is 2. The number of hydrogen-bond donors (Lipinski definition) is 4. The molecule has 1 amide bonds. The minimum atomic E-state index is -0.421. The van der Waals surface area contributed by atoms with Crippen LogP contribution in [0.15, 0.2) is 48.5 Å². The molecule has 4 N–H and O–H groups in total. The molecular formula is C16H17NO4. The molecule has 0 aliphatic carbocycles. The lowest BCUT2D eigenvalue weighted by Gasteiger charge is -2.16. The van der Waals surface area contributed by atoms with Gasteiger partial charge >= 0.3 is 0 Å². The van der Waals surface area contributed by atoms with E-state index in [9.17, 15) is 20.1 Å². The third-order valence-corrected chi connectivity index (χ3v) is 3.12. The highest BCUT2D eigenvalue weighted by Crippen LogP contribution is 2.24. The number of nitrogens with one attached hydrogen (secondary N) is 1. The van der Waals surface area contributed by atoms with Crippen LogP contribution in [0.25, 0.3) is 0 Å². The van der Waals surface area contributed by atoms with Crippen molar-refractivity contribution in [3.63, 3.8) is 0 Å². The smallest absolute Gasteiger partial charge is 0.251 e. The molecule has 0 saturated carbocycles. The molecule has 0 fully saturated rings. The fourth-order valence-electron chi connectivity index (χ4n) is 1.99. The van der Waals surface area contributed by atoms with E-state index in [2.05, 4.69) is 5.32 Å². The first-order valence-electron chi connectivity index (χ1n) is 6.58. The number of rotatable bonds is 5. The van der Waals surface area contributed by atoms with Crippen LogP contribution >= 0.6 is 0 Å². The van der Waals surface area contributed by atoms with Crippen molar-refractivity contribution in [1.29, 1.82) is 0 Å². The molecule has 21 heavy (non-hydrogen) atoms. The molecule has 0 unspecified atom stereocenters. The van der Waals surface area contributed by atoms with E-state index < -0.39 is 11.9 Å². The van der Waals surface area contributed by atoms with Crippen LogP contribution in [-0.4, -0.2) is 33.9 Å². The molecule has 0 radical (unpaired) electrons. The van der Waals surface area contributed by atoms with E-state index in [1.54, 1.807) is 0 Å². The Hall–Kier alpha value is -2.53. The molecule has 0 aliphatic rings. The van der Waals surface area contributed by atoms with Gasteiger partial charge in [0.2, 0.25) is 0 Å². The van der Waals surface area contributed by atoms with Gasteiger partial charge in [-0.3, -0.25) is 4.79 Å². The van der Waals surface area contributed by atoms with Gasteiger partial charge in [-0.05, 0) is 30.2 Å². The Bertz CT molecular complexity index is 613. The van der Waals surface area contributed by atoms with Gasteiger partial charge in [0.05, 0.1) is 12.6 Å². The summed E-state index contributed by atoms with van der Waals surface area (Å²) in [5.74, 6) is -1.05. The molecule has 0 heterocycles. The zero-order valence-electron chi connectivity index (χ0n) is 11.4. The molecule has 0 saturated heterocycles. The van der Waals surface area contributed by atoms with Crippen molar-refractivity contribution in [2.24, 2.45) is 0 Å². The monoisotopic (exact) mass is 287 g/mol. The molecule has 110 valence electrons. The lowest BCUT2D eigenvalue weighted by atomic mass is 10.1. The number of aliphatic hydroxyl groups is 1. The average Bonchev–Trinajstić information content (AvgIpc) is 2.50. The Kier molecular flexibility index (Phi) is 4.79. The van der Waals surface area contributed by atoms with Crippen molar-refractivity contribution in [3.8, 4) is 11.5 Å². The predicted octanol–water partition coefficient (Wildman–Crippen LogP) is 1.43. The van der Waals surface area contributed by atoms with Crippen molar-refractivity contribution in [2.45, 2.75) is 12.5 Å². The van der Waals surface area contributed by atoms with E-state index in [4.69, 9.17) is 0 Å². The highest BCUT2D eigenvalue weighted by Gasteiger charge is 2.14. The van der Waals surface area contributed by atoms with Crippen LogP contribution in [-0.2, 0) is 6.42 Å². The van der Waals surface area contributed by atoms with Crippen molar-refractivity contribution in [1.82, 2.24) is 5.32 Å². The van der Waals surface area contributed by atoms with Crippen LogP contribution in [0.1, 0.15) is 15.9 Å². The van der Waals surface area contributed by atoms with Gasteiger partial charge in [-0.1, -0.05) is 30.3 Å². The molecule has 2 aromatic carbocycles.